The molecular weight excluding hydrogens is 330 g/mol. The van der Waals surface area contributed by atoms with Crippen LogP contribution in [0, 0.1) is 0 Å². The Morgan fingerprint density at radius 2 is 2.04 bits per heavy atom. The molecule has 2 aliphatic heterocycles. The molecule has 1 saturated heterocycles. The smallest absolute Gasteiger partial charge is 0.253 e. The third-order valence-electron chi connectivity index (χ3n) is 4.97. The van der Waals surface area contributed by atoms with Crippen molar-refractivity contribution in [2.75, 3.05) is 38.1 Å². The summed E-state index contributed by atoms with van der Waals surface area (Å²) in [5.74, 6) is 0.605. The fourth-order valence-electron chi connectivity index (χ4n) is 3.41. The van der Waals surface area contributed by atoms with E-state index in [-0.39, 0.29) is 17.6 Å². The number of likely N-dealkylation sites (tertiary alicyclic amines) is 1. The molecule has 2 heterocycles. The van der Waals surface area contributed by atoms with E-state index in [2.05, 4.69) is 15.6 Å². The molecule has 1 amide bonds. The van der Waals surface area contributed by atoms with Crippen molar-refractivity contribution in [3.8, 4) is 0 Å². The summed E-state index contributed by atoms with van der Waals surface area (Å²) in [6.07, 6.45) is 1.99. The fourth-order valence-corrected chi connectivity index (χ4v) is 3.41. The fraction of sp³-hybridized carbons (Fsp3) is 0.579. The number of ether oxygens (including phenoxy) is 1. The molecule has 3 rings (SSSR count). The lowest BCUT2D eigenvalue weighted by Crippen LogP contribution is -2.55. The molecule has 26 heavy (non-hydrogen) atoms. The average Bonchev–Trinajstić information content (AvgIpc) is 2.99. The molecule has 0 bridgehead atoms. The molecule has 7 nitrogen and oxygen atoms in total. The van der Waals surface area contributed by atoms with Crippen LogP contribution >= 0.6 is 0 Å². The Morgan fingerprint density at radius 1 is 1.35 bits per heavy atom. The summed E-state index contributed by atoms with van der Waals surface area (Å²) in [5.41, 5.74) is 7.41. The number of amides is 1. The van der Waals surface area contributed by atoms with Crippen LogP contribution in [0.25, 0.3) is 0 Å². The van der Waals surface area contributed by atoms with Gasteiger partial charge in [-0.3, -0.25) is 9.79 Å². The van der Waals surface area contributed by atoms with E-state index in [1.165, 1.54) is 0 Å². The number of nitrogens with one attached hydrogen (secondary N) is 2. The predicted octanol–water partition coefficient (Wildman–Crippen LogP) is 1.42. The lowest BCUT2D eigenvalue weighted by atomic mass is 9.88. The van der Waals surface area contributed by atoms with Crippen LogP contribution in [0.1, 0.15) is 37.0 Å². The topological polar surface area (TPSA) is 92.0 Å². The van der Waals surface area contributed by atoms with Crippen molar-refractivity contribution in [1.29, 1.82) is 0 Å². The van der Waals surface area contributed by atoms with Crippen LogP contribution in [0.15, 0.2) is 29.3 Å². The van der Waals surface area contributed by atoms with Crippen molar-refractivity contribution in [2.45, 2.75) is 38.3 Å². The molecule has 4 N–H and O–H groups in total. The molecule has 0 saturated carbocycles. The number of nitrogens with two attached hydrogens (primary N) is 1. The second-order valence-electron chi connectivity index (χ2n) is 7.32. The lowest BCUT2D eigenvalue weighted by Gasteiger charge is -2.39. The maximum absolute atomic E-state index is 12.7. The van der Waals surface area contributed by atoms with Gasteiger partial charge < -0.3 is 26.0 Å². The second-order valence-corrected chi connectivity index (χ2v) is 7.32. The van der Waals surface area contributed by atoms with Gasteiger partial charge in [0.2, 0.25) is 0 Å². The summed E-state index contributed by atoms with van der Waals surface area (Å²) < 4.78 is 5.51. The zero-order valence-corrected chi connectivity index (χ0v) is 15.6. The summed E-state index contributed by atoms with van der Waals surface area (Å²) in [5, 5.41) is 6.58. The monoisotopic (exact) mass is 359 g/mol. The van der Waals surface area contributed by atoms with Crippen molar-refractivity contribution >= 4 is 17.6 Å². The molecule has 0 unspecified atom stereocenters. The minimum absolute atomic E-state index is 0.0489. The van der Waals surface area contributed by atoms with Gasteiger partial charge in [0, 0.05) is 30.9 Å². The largest absolute Gasteiger partial charge is 0.383 e. The molecule has 0 aromatic heterocycles. The van der Waals surface area contributed by atoms with E-state index in [0.29, 0.717) is 19.1 Å². The number of hydrogen-bond donors (Lipinski definition) is 3. The second kappa shape index (κ2) is 7.95. The van der Waals surface area contributed by atoms with E-state index in [1.54, 1.807) is 0 Å². The summed E-state index contributed by atoms with van der Waals surface area (Å²) in [6.45, 7) is 7.61. The van der Waals surface area contributed by atoms with E-state index in [1.807, 2.05) is 43.0 Å². The third-order valence-corrected chi connectivity index (χ3v) is 4.97. The minimum atomic E-state index is -0.0489. The molecule has 0 aliphatic carbocycles. The highest BCUT2D eigenvalue weighted by Gasteiger charge is 2.39. The highest BCUT2D eigenvalue weighted by atomic mass is 16.5. The molecule has 0 atom stereocenters. The molecular formula is C19H29N5O2. The first kappa shape index (κ1) is 18.5. The zero-order chi connectivity index (χ0) is 18.6. The Bertz CT molecular complexity index is 648. The molecule has 1 aromatic carbocycles. The first-order valence-electron chi connectivity index (χ1n) is 9.30. The number of benzene rings is 1. The van der Waals surface area contributed by atoms with Gasteiger partial charge in [0.15, 0.2) is 5.96 Å². The van der Waals surface area contributed by atoms with Crippen molar-refractivity contribution in [1.82, 2.24) is 10.2 Å². The zero-order valence-electron chi connectivity index (χ0n) is 15.6. The van der Waals surface area contributed by atoms with Crippen LogP contribution < -0.4 is 16.4 Å². The Labute approximate surface area is 155 Å². The first-order chi connectivity index (χ1) is 12.5. The number of carbonyl (C=O) groups excluding carboxylic acids is 1. The van der Waals surface area contributed by atoms with Gasteiger partial charge in [-0.05, 0) is 51.0 Å². The van der Waals surface area contributed by atoms with Gasteiger partial charge in [0.25, 0.3) is 5.91 Å². The average molecular weight is 359 g/mol. The lowest BCUT2D eigenvalue weighted by molar-refractivity contribution is 0.0668. The Hall–Kier alpha value is -2.28. The van der Waals surface area contributed by atoms with Gasteiger partial charge in [-0.2, -0.15) is 0 Å². The maximum Gasteiger partial charge on any atom is 0.253 e. The number of rotatable bonds is 6. The summed E-state index contributed by atoms with van der Waals surface area (Å²) in [7, 11) is 0. The molecule has 142 valence electrons. The van der Waals surface area contributed by atoms with Crippen molar-refractivity contribution in [3.63, 3.8) is 0 Å². The maximum atomic E-state index is 12.7. The molecule has 1 fully saturated rings. The van der Waals surface area contributed by atoms with E-state index in [4.69, 9.17) is 10.5 Å². The standard InChI is InChI=1S/C19H29N5O2/c1-14(2)26-12-9-21-16-5-3-15(4-6-16)17(25)24-10-7-19(8-11-24)13-22-18(20)23-19/h3-6,14,21H,7-13H2,1-2H3,(H3,20,22,23). The van der Waals surface area contributed by atoms with Gasteiger partial charge in [-0.15, -0.1) is 0 Å². The number of carbonyl (C=O) groups is 1. The Morgan fingerprint density at radius 3 is 2.62 bits per heavy atom. The molecule has 1 aromatic rings. The Balaban J connectivity index is 1.48. The van der Waals surface area contributed by atoms with Crippen molar-refractivity contribution < 1.29 is 9.53 Å². The third kappa shape index (κ3) is 4.46. The predicted molar refractivity (Wildman–Crippen MR) is 104 cm³/mol. The van der Waals surface area contributed by atoms with Gasteiger partial charge in [-0.25, -0.2) is 0 Å². The Kier molecular flexibility index (Phi) is 5.66. The summed E-state index contributed by atoms with van der Waals surface area (Å²) >= 11 is 0. The van der Waals surface area contributed by atoms with Crippen LogP contribution in [0.4, 0.5) is 5.69 Å². The number of piperidine rings is 1. The number of aliphatic imine (C=N–C) groups is 1. The van der Waals surface area contributed by atoms with Crippen LogP contribution in [0.2, 0.25) is 0 Å². The number of anilines is 1. The number of hydrogen-bond acceptors (Lipinski definition) is 6. The molecule has 7 heteroatoms. The van der Waals surface area contributed by atoms with Gasteiger partial charge in [0.05, 0.1) is 24.8 Å². The first-order valence-corrected chi connectivity index (χ1v) is 9.30. The number of guanidine groups is 1. The quantitative estimate of drug-likeness (QED) is 0.668. The van der Waals surface area contributed by atoms with E-state index >= 15 is 0 Å². The summed E-state index contributed by atoms with van der Waals surface area (Å²) in [4.78, 5) is 18.9. The number of nitrogens with zero attached hydrogens (tertiary/aromatic N) is 2. The van der Waals surface area contributed by atoms with Gasteiger partial charge in [0.1, 0.15) is 0 Å². The molecule has 1 spiro atoms. The van der Waals surface area contributed by atoms with E-state index in [0.717, 1.165) is 43.7 Å². The summed E-state index contributed by atoms with van der Waals surface area (Å²) in [6, 6.07) is 7.66. The SMILES string of the molecule is CC(C)OCCNc1ccc(C(=O)N2CCC3(CC2)CN=C(N)N3)cc1. The van der Waals surface area contributed by atoms with E-state index in [9.17, 15) is 4.79 Å². The van der Waals surface area contributed by atoms with Gasteiger partial charge >= 0.3 is 0 Å². The van der Waals surface area contributed by atoms with Crippen molar-refractivity contribution in [2.24, 2.45) is 10.7 Å². The normalized spacial score (nSPS) is 18.7. The minimum Gasteiger partial charge on any atom is -0.383 e. The van der Waals surface area contributed by atoms with E-state index < -0.39 is 0 Å². The molecule has 0 radical (unpaired) electrons. The highest BCUT2D eigenvalue weighted by Crippen LogP contribution is 2.26. The van der Waals surface area contributed by atoms with Crippen LogP contribution in [0.5, 0.6) is 0 Å². The van der Waals surface area contributed by atoms with Crippen LogP contribution in [-0.4, -0.2) is 61.2 Å². The van der Waals surface area contributed by atoms with Gasteiger partial charge in [-0.1, -0.05) is 0 Å². The molecule has 2 aliphatic rings. The van der Waals surface area contributed by atoms with Crippen LogP contribution in [0.3, 0.4) is 0 Å². The van der Waals surface area contributed by atoms with Crippen LogP contribution in [-0.2, 0) is 4.74 Å². The van der Waals surface area contributed by atoms with Crippen molar-refractivity contribution in [3.05, 3.63) is 29.8 Å². The highest BCUT2D eigenvalue weighted by molar-refractivity contribution is 5.94.